The molecule has 3 aromatic carbocycles. The van der Waals surface area contributed by atoms with Crippen LogP contribution in [0.3, 0.4) is 0 Å². The zero-order chi connectivity index (χ0) is 28.4. The second kappa shape index (κ2) is 11.3. The average molecular weight is 576 g/mol. The van der Waals surface area contributed by atoms with Crippen LogP contribution in [0.1, 0.15) is 64.8 Å². The summed E-state index contributed by atoms with van der Waals surface area (Å²) in [7, 11) is 0. The molecule has 11 heteroatoms. The molecule has 3 aromatic rings. The first-order valence-corrected chi connectivity index (χ1v) is 13.1. The Morgan fingerprint density at radius 2 is 1.80 bits per heavy atom. The highest BCUT2D eigenvalue weighted by Gasteiger charge is 2.33. The van der Waals surface area contributed by atoms with Crippen LogP contribution in [0.25, 0.3) is 0 Å². The van der Waals surface area contributed by atoms with E-state index in [1.165, 1.54) is 12.1 Å². The number of hydrogen-bond acceptors (Lipinski definition) is 5. The van der Waals surface area contributed by atoms with E-state index < -0.39 is 24.0 Å². The quantitative estimate of drug-likeness (QED) is 0.292. The van der Waals surface area contributed by atoms with E-state index in [1.54, 1.807) is 42.5 Å². The van der Waals surface area contributed by atoms with E-state index in [9.17, 15) is 22.8 Å². The summed E-state index contributed by atoms with van der Waals surface area (Å²) in [5, 5.41) is 12.2. The van der Waals surface area contributed by atoms with Crippen LogP contribution in [0.15, 0.2) is 60.7 Å². The van der Waals surface area contributed by atoms with Gasteiger partial charge in [-0.05, 0) is 67.1 Å². The summed E-state index contributed by atoms with van der Waals surface area (Å²) < 4.78 is 55.7. The molecule has 2 N–H and O–H groups in total. The monoisotopic (exact) mass is 575 g/mol. The molecule has 40 heavy (non-hydrogen) atoms. The lowest BCUT2D eigenvalue weighted by Crippen LogP contribution is -2.32. The lowest BCUT2D eigenvalue weighted by Gasteiger charge is -2.25. The van der Waals surface area contributed by atoms with Crippen molar-refractivity contribution in [3.63, 3.8) is 0 Å². The molecule has 0 bridgehead atoms. The molecule has 0 spiro atoms. The van der Waals surface area contributed by atoms with Gasteiger partial charge < -0.3 is 24.6 Å². The number of fused-ring (bicyclic) bond motifs is 1. The highest BCUT2D eigenvalue weighted by molar-refractivity contribution is 6.32. The van der Waals surface area contributed by atoms with Crippen molar-refractivity contribution in [2.24, 2.45) is 0 Å². The molecule has 0 aromatic heterocycles. The second-order valence-corrected chi connectivity index (χ2v) is 10.2. The number of ether oxygens (including phenoxy) is 3. The summed E-state index contributed by atoms with van der Waals surface area (Å²) in [6.45, 7) is 0.275. The fourth-order valence-corrected chi connectivity index (χ4v) is 5.35. The lowest BCUT2D eigenvalue weighted by molar-refractivity contribution is -0.137. The summed E-state index contributed by atoms with van der Waals surface area (Å²) in [6, 6.07) is 14.8. The Balaban J connectivity index is 1.20. The topological polar surface area (TPSA) is 94.1 Å². The summed E-state index contributed by atoms with van der Waals surface area (Å²) >= 11 is 6.37. The maximum atomic E-state index is 13.1. The number of carbonyl (C=O) groups is 2. The highest BCUT2D eigenvalue weighted by atomic mass is 35.5. The molecule has 0 saturated heterocycles. The van der Waals surface area contributed by atoms with E-state index in [0.29, 0.717) is 59.6 Å². The van der Waals surface area contributed by atoms with Crippen LogP contribution in [-0.4, -0.2) is 29.8 Å². The molecule has 210 valence electrons. The Bertz CT molecular complexity index is 1410. The van der Waals surface area contributed by atoms with Crippen molar-refractivity contribution < 1.29 is 42.1 Å². The first-order chi connectivity index (χ1) is 19.1. The summed E-state index contributed by atoms with van der Waals surface area (Å²) in [4.78, 5) is 23.8. The third-order valence-corrected chi connectivity index (χ3v) is 7.38. The van der Waals surface area contributed by atoms with Gasteiger partial charge in [0.2, 0.25) is 0 Å². The van der Waals surface area contributed by atoms with Crippen molar-refractivity contribution in [1.29, 1.82) is 0 Å². The van der Waals surface area contributed by atoms with Gasteiger partial charge in [0.25, 0.3) is 5.91 Å². The van der Waals surface area contributed by atoms with Gasteiger partial charge in [0.1, 0.15) is 23.4 Å². The van der Waals surface area contributed by atoms with Crippen LogP contribution in [0.4, 0.5) is 18.0 Å². The number of amides is 1. The molecule has 1 aliphatic carbocycles. The van der Waals surface area contributed by atoms with Crippen LogP contribution >= 0.6 is 11.6 Å². The predicted octanol–water partition coefficient (Wildman–Crippen LogP) is 7.74. The van der Waals surface area contributed by atoms with Gasteiger partial charge in [-0.25, -0.2) is 4.79 Å². The van der Waals surface area contributed by atoms with Gasteiger partial charge in [-0.2, -0.15) is 13.2 Å². The van der Waals surface area contributed by atoms with Crippen LogP contribution in [0.2, 0.25) is 5.02 Å². The minimum absolute atomic E-state index is 0.0558. The Labute approximate surface area is 232 Å². The molecule has 3 unspecified atom stereocenters. The normalized spacial score (nSPS) is 20.2. The van der Waals surface area contributed by atoms with Crippen LogP contribution in [0.5, 0.6) is 17.2 Å². The maximum absolute atomic E-state index is 13.1. The van der Waals surface area contributed by atoms with Crippen molar-refractivity contribution in [1.82, 2.24) is 5.32 Å². The second-order valence-electron chi connectivity index (χ2n) is 9.76. The Kier molecular flexibility index (Phi) is 7.80. The zero-order valence-electron chi connectivity index (χ0n) is 21.0. The molecule has 1 amide bonds. The highest BCUT2D eigenvalue weighted by Crippen LogP contribution is 2.42. The minimum atomic E-state index is -4.39. The van der Waals surface area contributed by atoms with Crippen molar-refractivity contribution >= 4 is 23.7 Å². The van der Waals surface area contributed by atoms with E-state index in [-0.39, 0.29) is 29.5 Å². The molecule has 0 radical (unpaired) electrons. The van der Waals surface area contributed by atoms with E-state index >= 15 is 0 Å². The largest absolute Gasteiger partial charge is 0.506 e. The van der Waals surface area contributed by atoms with E-state index in [2.05, 4.69) is 5.32 Å². The first-order valence-electron chi connectivity index (χ1n) is 12.7. The number of carbonyl (C=O) groups excluding carboxylic acids is 1. The lowest BCUT2D eigenvalue weighted by atomic mass is 9.95. The number of nitrogens with one attached hydrogen (secondary N) is 1. The number of carboxylic acid groups (broad SMARTS) is 1. The molecule has 5 rings (SSSR count). The standard InChI is InChI=1S/C29H25ClF3NO6/c30-23-14-22-24(40-28(36)37)10-11-38-25(22)15-26(23)39-21-8-5-16(6-9-21)27(35)34-20-7-4-18(13-20)17-2-1-3-19(12-17)29(31,32)33/h1-3,5-6,8-9,12,14-15,18,20,24H,4,7,10-11,13H2,(H,34,35)(H,36,37). The number of halogens is 4. The molecule has 7 nitrogen and oxygen atoms in total. The summed E-state index contributed by atoms with van der Waals surface area (Å²) in [5.74, 6) is 0.775. The van der Waals surface area contributed by atoms with Crippen molar-refractivity contribution in [3.8, 4) is 17.2 Å². The molecular weight excluding hydrogens is 551 g/mol. The van der Waals surface area contributed by atoms with Crippen LogP contribution in [0, 0.1) is 0 Å². The third kappa shape index (κ3) is 6.28. The van der Waals surface area contributed by atoms with Gasteiger partial charge in [0.05, 0.1) is 17.2 Å². The fraction of sp³-hybridized carbons (Fsp3) is 0.310. The van der Waals surface area contributed by atoms with E-state index in [4.69, 9.17) is 30.9 Å². The van der Waals surface area contributed by atoms with Gasteiger partial charge in [0, 0.05) is 29.7 Å². The zero-order valence-corrected chi connectivity index (χ0v) is 21.8. The molecule has 2 aliphatic rings. The molecule has 3 atom stereocenters. The van der Waals surface area contributed by atoms with Crippen molar-refractivity contribution in [2.45, 2.75) is 49.9 Å². The predicted molar refractivity (Wildman–Crippen MR) is 139 cm³/mol. The number of rotatable bonds is 6. The minimum Gasteiger partial charge on any atom is -0.493 e. The third-order valence-electron chi connectivity index (χ3n) is 7.09. The fourth-order valence-electron chi connectivity index (χ4n) is 5.13. The first kappa shape index (κ1) is 27.6. The van der Waals surface area contributed by atoms with Crippen LogP contribution < -0.4 is 14.8 Å². The van der Waals surface area contributed by atoms with Crippen LogP contribution in [-0.2, 0) is 10.9 Å². The van der Waals surface area contributed by atoms with E-state index in [0.717, 1.165) is 6.07 Å². The maximum Gasteiger partial charge on any atom is 0.506 e. The number of benzene rings is 3. The Morgan fingerprint density at radius 3 is 2.52 bits per heavy atom. The van der Waals surface area contributed by atoms with Gasteiger partial charge >= 0.3 is 12.3 Å². The van der Waals surface area contributed by atoms with Gasteiger partial charge in [-0.1, -0.05) is 29.8 Å². The molecule has 1 heterocycles. The molecule has 1 fully saturated rings. The van der Waals surface area contributed by atoms with E-state index in [1.807, 2.05) is 0 Å². The number of alkyl halides is 3. The average Bonchev–Trinajstić information content (AvgIpc) is 3.38. The van der Waals surface area contributed by atoms with Crippen molar-refractivity contribution in [2.75, 3.05) is 6.61 Å². The molecular formula is C29H25ClF3NO6. The Morgan fingerprint density at radius 1 is 1.02 bits per heavy atom. The Hall–Kier alpha value is -3.92. The molecule has 1 aliphatic heterocycles. The van der Waals surface area contributed by atoms with Gasteiger partial charge in [-0.3, -0.25) is 4.79 Å². The van der Waals surface area contributed by atoms with Gasteiger partial charge in [-0.15, -0.1) is 0 Å². The van der Waals surface area contributed by atoms with Crippen molar-refractivity contribution in [3.05, 3.63) is 87.9 Å². The SMILES string of the molecule is O=C(O)OC1CCOc2cc(Oc3ccc(C(=O)NC4CCC(c5cccc(C(F)(F)F)c5)C4)cc3)c(Cl)cc21. The number of hydrogen-bond donors (Lipinski definition) is 2. The molecule has 1 saturated carbocycles. The van der Waals surface area contributed by atoms with Gasteiger partial charge in [0.15, 0.2) is 0 Å². The summed E-state index contributed by atoms with van der Waals surface area (Å²) in [5.41, 5.74) is 0.883. The summed E-state index contributed by atoms with van der Waals surface area (Å²) in [6.07, 6.45) is -4.18. The smallest absolute Gasteiger partial charge is 0.493 e.